The molecule has 33 heavy (non-hydrogen) atoms. The lowest BCUT2D eigenvalue weighted by Gasteiger charge is -2.37. The molecule has 0 radical (unpaired) electrons. The Morgan fingerprint density at radius 3 is 2.64 bits per heavy atom. The molecule has 7 nitrogen and oxygen atoms in total. The number of allylic oxidation sites excluding steroid dienone is 2. The van der Waals surface area contributed by atoms with Gasteiger partial charge in [0.05, 0.1) is 11.3 Å². The number of hydrogen-bond donors (Lipinski definition) is 1. The van der Waals surface area contributed by atoms with Crippen LogP contribution in [0.3, 0.4) is 0 Å². The fraction of sp³-hybridized carbons (Fsp3) is 0.261. The van der Waals surface area contributed by atoms with Crippen molar-refractivity contribution < 1.29 is 32.2 Å². The predicted octanol–water partition coefficient (Wildman–Crippen LogP) is 4.47. The highest BCUT2D eigenvalue weighted by Gasteiger charge is 2.39. The lowest BCUT2D eigenvalue weighted by molar-refractivity contribution is -0.274. The lowest BCUT2D eigenvalue weighted by atomic mass is 9.90. The third kappa shape index (κ3) is 4.69. The molecule has 4 rings (SSSR count). The Kier molecular flexibility index (Phi) is 5.84. The summed E-state index contributed by atoms with van der Waals surface area (Å²) >= 11 is 0. The number of aryl methyl sites for hydroxylation is 1. The molecular weight excluding hydrogens is 439 g/mol. The number of rotatable bonds is 4. The molecule has 2 heterocycles. The maximum Gasteiger partial charge on any atom is 0.573 e. The van der Waals surface area contributed by atoms with E-state index in [2.05, 4.69) is 15.0 Å². The molecule has 1 atom stereocenters. The number of amides is 2. The second-order valence-electron chi connectivity index (χ2n) is 7.66. The summed E-state index contributed by atoms with van der Waals surface area (Å²) < 4.78 is 46.5. The minimum absolute atomic E-state index is 0.110. The van der Waals surface area contributed by atoms with Crippen LogP contribution in [0.4, 0.5) is 24.7 Å². The van der Waals surface area contributed by atoms with Crippen LogP contribution in [-0.2, 0) is 14.3 Å². The number of nitrogens with zero attached hydrogens (tertiary/aromatic N) is 2. The lowest BCUT2D eigenvalue weighted by Crippen LogP contribution is -2.43. The van der Waals surface area contributed by atoms with Crippen LogP contribution in [0.25, 0.3) is 0 Å². The van der Waals surface area contributed by atoms with Gasteiger partial charge in [-0.05, 0) is 49.2 Å². The smallest absolute Gasteiger partial charge is 0.481 e. The topological polar surface area (TPSA) is 80.8 Å². The fourth-order valence-electron chi connectivity index (χ4n) is 3.74. The van der Waals surface area contributed by atoms with E-state index in [1.54, 1.807) is 18.3 Å². The molecule has 1 aromatic carbocycles. The maximum atomic E-state index is 13.0. The van der Waals surface area contributed by atoms with E-state index in [0.29, 0.717) is 17.9 Å². The first-order chi connectivity index (χ1) is 15.6. The van der Waals surface area contributed by atoms with Gasteiger partial charge in [-0.1, -0.05) is 19.1 Å². The van der Waals surface area contributed by atoms with Crippen molar-refractivity contribution in [1.29, 1.82) is 0 Å². The van der Waals surface area contributed by atoms with Gasteiger partial charge in [-0.2, -0.15) is 0 Å². The Morgan fingerprint density at radius 1 is 1.24 bits per heavy atom. The van der Waals surface area contributed by atoms with Crippen LogP contribution in [0.15, 0.2) is 65.7 Å². The highest BCUT2D eigenvalue weighted by molar-refractivity contribution is 6.08. The van der Waals surface area contributed by atoms with E-state index in [-0.39, 0.29) is 35.5 Å². The van der Waals surface area contributed by atoms with Gasteiger partial charge in [0, 0.05) is 17.8 Å². The normalized spacial score (nSPS) is 18.3. The summed E-state index contributed by atoms with van der Waals surface area (Å²) in [5, 5.41) is 2.65. The summed E-state index contributed by atoms with van der Waals surface area (Å²) in [5.74, 6) is -0.539. The van der Waals surface area contributed by atoms with E-state index < -0.39 is 18.0 Å². The Morgan fingerprint density at radius 2 is 1.97 bits per heavy atom. The number of anilines is 2. The summed E-state index contributed by atoms with van der Waals surface area (Å²) in [6.07, 6.45) is -1.00. The number of halogens is 3. The molecule has 0 saturated carbocycles. The van der Waals surface area contributed by atoms with Gasteiger partial charge in [0.2, 0.25) is 0 Å². The van der Waals surface area contributed by atoms with E-state index in [4.69, 9.17) is 4.74 Å². The SMILES string of the molecule is Cc1cccnc1N1C(=O)COC2=C1C(C)CC=C2C(=O)Nc1ccc(OC(F)(F)F)cc1. The first-order valence-corrected chi connectivity index (χ1v) is 10.1. The van der Waals surface area contributed by atoms with E-state index in [1.807, 2.05) is 19.9 Å². The second kappa shape index (κ2) is 8.61. The second-order valence-corrected chi connectivity index (χ2v) is 7.66. The molecule has 172 valence electrons. The average molecular weight is 459 g/mol. The molecule has 0 spiro atoms. The molecule has 0 bridgehead atoms. The van der Waals surface area contributed by atoms with E-state index in [9.17, 15) is 22.8 Å². The van der Waals surface area contributed by atoms with Gasteiger partial charge < -0.3 is 14.8 Å². The molecule has 1 aliphatic carbocycles. The van der Waals surface area contributed by atoms with Crippen LogP contribution >= 0.6 is 0 Å². The first-order valence-electron chi connectivity index (χ1n) is 10.1. The Bertz CT molecular complexity index is 1160. The van der Waals surface area contributed by atoms with E-state index in [1.165, 1.54) is 17.0 Å². The highest BCUT2D eigenvalue weighted by atomic mass is 19.4. The average Bonchev–Trinajstić information content (AvgIpc) is 2.75. The van der Waals surface area contributed by atoms with Crippen molar-refractivity contribution in [2.24, 2.45) is 5.92 Å². The van der Waals surface area contributed by atoms with Crippen LogP contribution in [0.2, 0.25) is 0 Å². The molecule has 1 aliphatic heterocycles. The van der Waals surface area contributed by atoms with Crippen molar-refractivity contribution in [2.45, 2.75) is 26.6 Å². The fourth-order valence-corrected chi connectivity index (χ4v) is 3.74. The van der Waals surface area contributed by atoms with Crippen LogP contribution in [0.5, 0.6) is 5.75 Å². The van der Waals surface area contributed by atoms with Gasteiger partial charge in [-0.3, -0.25) is 14.5 Å². The van der Waals surface area contributed by atoms with Gasteiger partial charge in [0.25, 0.3) is 11.8 Å². The van der Waals surface area contributed by atoms with Gasteiger partial charge in [0.15, 0.2) is 12.4 Å². The molecule has 2 aromatic rings. The van der Waals surface area contributed by atoms with Gasteiger partial charge in [0.1, 0.15) is 11.6 Å². The maximum absolute atomic E-state index is 13.0. The van der Waals surface area contributed by atoms with Crippen LogP contribution in [0, 0.1) is 12.8 Å². The summed E-state index contributed by atoms with van der Waals surface area (Å²) in [6.45, 7) is 3.51. The molecular formula is C23H20F3N3O4. The Labute approximate surface area is 187 Å². The minimum Gasteiger partial charge on any atom is -0.481 e. The zero-order valence-electron chi connectivity index (χ0n) is 17.8. The standard InChI is InChI=1S/C23H20F3N3O4/c1-13-5-10-17(22(31)28-15-6-8-16(9-7-15)33-23(24,25)26)20-19(13)29(18(30)12-32-20)21-14(2)4-3-11-27-21/h3-4,6-11,13H,5,12H2,1-2H3,(H,28,31). The van der Waals surface area contributed by atoms with Crippen LogP contribution in [-0.4, -0.2) is 29.8 Å². The van der Waals surface area contributed by atoms with Crippen molar-refractivity contribution >= 4 is 23.3 Å². The van der Waals surface area contributed by atoms with Gasteiger partial charge in [-0.25, -0.2) is 4.98 Å². The van der Waals surface area contributed by atoms with Crippen molar-refractivity contribution in [3.63, 3.8) is 0 Å². The quantitative estimate of drug-likeness (QED) is 0.730. The minimum atomic E-state index is -4.80. The van der Waals surface area contributed by atoms with E-state index in [0.717, 1.165) is 17.7 Å². The monoisotopic (exact) mass is 459 g/mol. The number of hydrogen-bond acceptors (Lipinski definition) is 5. The summed E-state index contributed by atoms with van der Waals surface area (Å²) in [4.78, 5) is 31.6. The zero-order chi connectivity index (χ0) is 23.8. The van der Waals surface area contributed by atoms with Crippen LogP contribution < -0.4 is 15.0 Å². The van der Waals surface area contributed by atoms with Crippen LogP contribution in [0.1, 0.15) is 18.9 Å². The number of carbonyl (C=O) groups is 2. The number of aromatic nitrogens is 1. The van der Waals surface area contributed by atoms with Crippen molar-refractivity contribution in [3.8, 4) is 5.75 Å². The molecule has 1 N–H and O–H groups in total. The third-order valence-corrected chi connectivity index (χ3v) is 5.23. The molecule has 10 heteroatoms. The first kappa shape index (κ1) is 22.4. The molecule has 0 saturated heterocycles. The molecule has 2 amide bonds. The number of ether oxygens (including phenoxy) is 2. The number of nitrogens with one attached hydrogen (secondary N) is 1. The number of pyridine rings is 1. The molecule has 1 unspecified atom stereocenters. The summed E-state index contributed by atoms with van der Waals surface area (Å²) in [5.41, 5.74) is 1.87. The molecule has 2 aliphatic rings. The van der Waals surface area contributed by atoms with Gasteiger partial charge in [-0.15, -0.1) is 13.2 Å². The Balaban J connectivity index is 1.61. The largest absolute Gasteiger partial charge is 0.573 e. The molecule has 0 fully saturated rings. The van der Waals surface area contributed by atoms with Gasteiger partial charge >= 0.3 is 6.36 Å². The number of carbonyl (C=O) groups excluding carboxylic acids is 2. The Hall–Kier alpha value is -3.82. The third-order valence-electron chi connectivity index (χ3n) is 5.23. The van der Waals surface area contributed by atoms with Crippen molar-refractivity contribution in [2.75, 3.05) is 16.8 Å². The zero-order valence-corrected chi connectivity index (χ0v) is 17.8. The van der Waals surface area contributed by atoms with E-state index >= 15 is 0 Å². The predicted molar refractivity (Wildman–Crippen MR) is 113 cm³/mol. The van der Waals surface area contributed by atoms with Crippen molar-refractivity contribution in [1.82, 2.24) is 4.98 Å². The van der Waals surface area contributed by atoms with Crippen molar-refractivity contribution in [3.05, 3.63) is 71.3 Å². The number of benzene rings is 1. The summed E-state index contributed by atoms with van der Waals surface area (Å²) in [7, 11) is 0. The number of alkyl halides is 3. The highest BCUT2D eigenvalue weighted by Crippen LogP contribution is 2.39. The summed E-state index contributed by atoms with van der Waals surface area (Å²) in [6, 6.07) is 8.42. The molecule has 1 aromatic heterocycles.